The minimum absolute atomic E-state index is 0.0761. The first-order valence-electron chi connectivity index (χ1n) is 8.68. The van der Waals surface area contributed by atoms with Gasteiger partial charge < -0.3 is 14.2 Å². The molecule has 2 rings (SSSR count). The van der Waals surface area contributed by atoms with Gasteiger partial charge in [-0.15, -0.1) is 0 Å². The lowest BCUT2D eigenvalue weighted by Gasteiger charge is -2.22. The lowest BCUT2D eigenvalue weighted by molar-refractivity contribution is 0.0535. The standard InChI is InChI=1S/C19H26F2O3/c1-3-6-15-9-8-14(13-24-15)7-5-12-23-17-11-10-16(22-4-2)18(20)19(17)21/h8,10-11,15H,3-7,9,12-13H2,1-2H3. The second kappa shape index (κ2) is 9.62. The van der Waals surface area contributed by atoms with E-state index in [0.717, 1.165) is 32.1 Å². The highest BCUT2D eigenvalue weighted by atomic mass is 19.2. The van der Waals surface area contributed by atoms with Gasteiger partial charge in [-0.05, 0) is 50.3 Å². The molecule has 0 fully saturated rings. The molecular weight excluding hydrogens is 314 g/mol. The van der Waals surface area contributed by atoms with Gasteiger partial charge in [-0.1, -0.05) is 19.4 Å². The third-order valence-electron chi connectivity index (χ3n) is 4.00. The first-order valence-corrected chi connectivity index (χ1v) is 8.68. The largest absolute Gasteiger partial charge is 0.491 e. The number of benzene rings is 1. The van der Waals surface area contributed by atoms with Gasteiger partial charge in [0.05, 0.1) is 25.9 Å². The molecule has 0 spiro atoms. The van der Waals surface area contributed by atoms with Gasteiger partial charge >= 0.3 is 0 Å². The zero-order valence-corrected chi connectivity index (χ0v) is 14.4. The highest BCUT2D eigenvalue weighted by molar-refractivity contribution is 5.35. The fraction of sp³-hybridized carbons (Fsp3) is 0.579. The summed E-state index contributed by atoms with van der Waals surface area (Å²) >= 11 is 0. The molecule has 1 aliphatic rings. The summed E-state index contributed by atoms with van der Waals surface area (Å²) in [4.78, 5) is 0. The van der Waals surface area contributed by atoms with Crippen LogP contribution in [0.25, 0.3) is 0 Å². The lowest BCUT2D eigenvalue weighted by Crippen LogP contribution is -2.18. The highest BCUT2D eigenvalue weighted by Crippen LogP contribution is 2.28. The Labute approximate surface area is 142 Å². The van der Waals surface area contributed by atoms with Crippen molar-refractivity contribution in [1.29, 1.82) is 0 Å². The quantitative estimate of drug-likeness (QED) is 0.466. The number of rotatable bonds is 9. The Bertz CT molecular complexity index is 558. The van der Waals surface area contributed by atoms with Crippen LogP contribution in [0.1, 0.15) is 46.0 Å². The van der Waals surface area contributed by atoms with Gasteiger partial charge in [0, 0.05) is 0 Å². The fourth-order valence-electron chi connectivity index (χ4n) is 2.72. The van der Waals surface area contributed by atoms with Gasteiger partial charge in [0.2, 0.25) is 11.6 Å². The molecule has 0 bridgehead atoms. The Kier molecular flexibility index (Phi) is 7.50. The molecule has 0 aliphatic carbocycles. The first kappa shape index (κ1) is 18.7. The summed E-state index contributed by atoms with van der Waals surface area (Å²) in [6, 6.07) is 2.80. The normalized spacial score (nSPS) is 17.5. The molecule has 1 aromatic rings. The van der Waals surface area contributed by atoms with Gasteiger partial charge in [0.15, 0.2) is 11.5 Å². The summed E-state index contributed by atoms with van der Waals surface area (Å²) in [5, 5.41) is 0. The van der Waals surface area contributed by atoms with Gasteiger partial charge in [-0.25, -0.2) is 0 Å². The Morgan fingerprint density at radius 3 is 2.42 bits per heavy atom. The van der Waals surface area contributed by atoms with E-state index in [-0.39, 0.29) is 18.1 Å². The van der Waals surface area contributed by atoms with Gasteiger partial charge in [0.1, 0.15) is 0 Å². The van der Waals surface area contributed by atoms with E-state index < -0.39 is 11.6 Å². The summed E-state index contributed by atoms with van der Waals surface area (Å²) in [5.74, 6) is -2.16. The van der Waals surface area contributed by atoms with Crippen molar-refractivity contribution in [1.82, 2.24) is 0 Å². The molecular formula is C19H26F2O3. The predicted molar refractivity (Wildman–Crippen MR) is 89.6 cm³/mol. The second-order valence-corrected chi connectivity index (χ2v) is 5.89. The van der Waals surface area contributed by atoms with E-state index in [1.807, 2.05) is 0 Å². The van der Waals surface area contributed by atoms with Crippen molar-refractivity contribution in [2.45, 2.75) is 52.1 Å². The molecule has 3 nitrogen and oxygen atoms in total. The third kappa shape index (κ3) is 5.20. The molecule has 0 aromatic heterocycles. The molecule has 0 radical (unpaired) electrons. The Hall–Kier alpha value is -1.62. The van der Waals surface area contributed by atoms with E-state index >= 15 is 0 Å². The van der Waals surface area contributed by atoms with Crippen LogP contribution in [0.4, 0.5) is 8.78 Å². The van der Waals surface area contributed by atoms with Crippen molar-refractivity contribution < 1.29 is 23.0 Å². The van der Waals surface area contributed by atoms with Crippen LogP contribution in [-0.4, -0.2) is 25.9 Å². The van der Waals surface area contributed by atoms with Crippen molar-refractivity contribution >= 4 is 0 Å². The molecule has 1 unspecified atom stereocenters. The smallest absolute Gasteiger partial charge is 0.204 e. The Balaban J connectivity index is 1.76. The molecule has 0 N–H and O–H groups in total. The van der Waals surface area contributed by atoms with Crippen LogP contribution < -0.4 is 9.47 Å². The van der Waals surface area contributed by atoms with Crippen molar-refractivity contribution in [2.24, 2.45) is 0 Å². The molecule has 0 saturated heterocycles. The van der Waals surface area contributed by atoms with E-state index in [9.17, 15) is 8.78 Å². The van der Waals surface area contributed by atoms with Gasteiger partial charge in [0.25, 0.3) is 0 Å². The molecule has 134 valence electrons. The van der Waals surface area contributed by atoms with Crippen LogP contribution in [0.5, 0.6) is 11.5 Å². The van der Waals surface area contributed by atoms with Crippen LogP contribution in [0.15, 0.2) is 23.8 Å². The fourth-order valence-corrected chi connectivity index (χ4v) is 2.72. The minimum Gasteiger partial charge on any atom is -0.491 e. The molecule has 0 amide bonds. The zero-order chi connectivity index (χ0) is 17.4. The van der Waals surface area contributed by atoms with Gasteiger partial charge in [-0.2, -0.15) is 8.78 Å². The molecule has 1 aliphatic heterocycles. The third-order valence-corrected chi connectivity index (χ3v) is 4.00. The van der Waals surface area contributed by atoms with E-state index in [4.69, 9.17) is 14.2 Å². The molecule has 24 heavy (non-hydrogen) atoms. The summed E-state index contributed by atoms with van der Waals surface area (Å²) < 4.78 is 43.8. The number of ether oxygens (including phenoxy) is 3. The minimum atomic E-state index is -1.00. The molecule has 5 heteroatoms. The van der Waals surface area contributed by atoms with Crippen molar-refractivity contribution in [3.05, 3.63) is 35.4 Å². The average molecular weight is 340 g/mol. The van der Waals surface area contributed by atoms with Crippen molar-refractivity contribution in [3.8, 4) is 11.5 Å². The molecule has 1 atom stereocenters. The van der Waals surface area contributed by atoms with E-state index in [1.165, 1.54) is 17.7 Å². The number of hydrogen-bond donors (Lipinski definition) is 0. The maximum atomic E-state index is 13.9. The Morgan fingerprint density at radius 2 is 1.83 bits per heavy atom. The van der Waals surface area contributed by atoms with E-state index in [0.29, 0.717) is 19.3 Å². The van der Waals surface area contributed by atoms with E-state index in [1.54, 1.807) is 6.92 Å². The summed E-state index contributed by atoms with van der Waals surface area (Å²) in [7, 11) is 0. The first-order chi connectivity index (χ1) is 11.7. The predicted octanol–water partition coefficient (Wildman–Crippen LogP) is 5.04. The van der Waals surface area contributed by atoms with Crippen LogP contribution in [0.2, 0.25) is 0 Å². The van der Waals surface area contributed by atoms with Crippen molar-refractivity contribution in [3.63, 3.8) is 0 Å². The maximum absolute atomic E-state index is 13.9. The van der Waals surface area contributed by atoms with Crippen LogP contribution in [0, 0.1) is 11.6 Å². The number of hydrogen-bond acceptors (Lipinski definition) is 3. The zero-order valence-electron chi connectivity index (χ0n) is 14.4. The lowest BCUT2D eigenvalue weighted by atomic mass is 10.0. The summed E-state index contributed by atoms with van der Waals surface area (Å²) in [6.07, 6.45) is 7.35. The molecule has 1 heterocycles. The SMILES string of the molecule is CCCC1CC=C(CCCOc2ccc(OCC)c(F)c2F)CO1. The van der Waals surface area contributed by atoms with Crippen LogP contribution >= 0.6 is 0 Å². The number of halogens is 2. The Morgan fingerprint density at radius 1 is 1.12 bits per heavy atom. The van der Waals surface area contributed by atoms with Crippen molar-refractivity contribution in [2.75, 3.05) is 19.8 Å². The second-order valence-electron chi connectivity index (χ2n) is 5.89. The summed E-state index contributed by atoms with van der Waals surface area (Å²) in [5.41, 5.74) is 1.25. The summed E-state index contributed by atoms with van der Waals surface area (Å²) in [6.45, 7) is 5.16. The van der Waals surface area contributed by atoms with Crippen LogP contribution in [0.3, 0.4) is 0 Å². The molecule has 0 saturated carbocycles. The monoisotopic (exact) mass is 340 g/mol. The van der Waals surface area contributed by atoms with Crippen LogP contribution in [-0.2, 0) is 4.74 Å². The molecule has 1 aromatic carbocycles. The topological polar surface area (TPSA) is 27.7 Å². The van der Waals surface area contributed by atoms with E-state index in [2.05, 4.69) is 13.0 Å². The maximum Gasteiger partial charge on any atom is 0.204 e. The average Bonchev–Trinajstić information content (AvgIpc) is 2.59. The highest BCUT2D eigenvalue weighted by Gasteiger charge is 2.16. The van der Waals surface area contributed by atoms with Gasteiger partial charge in [-0.3, -0.25) is 0 Å².